The van der Waals surface area contributed by atoms with Gasteiger partial charge < -0.3 is 14.8 Å². The summed E-state index contributed by atoms with van der Waals surface area (Å²) in [5, 5.41) is 18.0. The molecule has 8 nitrogen and oxygen atoms in total. The molecule has 0 fully saturated rings. The Hall–Kier alpha value is -2.98. The average molecular weight is 447 g/mol. The summed E-state index contributed by atoms with van der Waals surface area (Å²) in [4.78, 5) is 25.4. The second-order valence-corrected chi connectivity index (χ2v) is 8.10. The van der Waals surface area contributed by atoms with Gasteiger partial charge in [-0.05, 0) is 31.0 Å². The number of ether oxygens (including phenoxy) is 2. The third-order valence-electron chi connectivity index (χ3n) is 4.20. The molecule has 3 aromatic rings. The molecule has 30 heavy (non-hydrogen) atoms. The highest BCUT2D eigenvalue weighted by atomic mass is 32.1. The summed E-state index contributed by atoms with van der Waals surface area (Å²) in [5.41, 5.74) is 1.79. The van der Waals surface area contributed by atoms with Gasteiger partial charge in [-0.25, -0.2) is 9.48 Å². The van der Waals surface area contributed by atoms with Crippen LogP contribution in [0.3, 0.4) is 0 Å². The largest absolute Gasteiger partial charge is 0.497 e. The molecule has 2 aromatic heterocycles. The minimum absolute atomic E-state index is 0.104. The van der Waals surface area contributed by atoms with Gasteiger partial charge in [-0.3, -0.25) is 10.2 Å². The first-order chi connectivity index (χ1) is 14.5. The molecule has 2 heterocycles. The number of methoxy groups -OCH3 is 1. The van der Waals surface area contributed by atoms with Gasteiger partial charge >= 0.3 is 5.97 Å². The molecular weight excluding hydrogens is 424 g/mol. The number of anilines is 1. The second kappa shape index (κ2) is 9.68. The van der Waals surface area contributed by atoms with Crippen molar-refractivity contribution >= 4 is 39.6 Å². The normalized spacial score (nSPS) is 10.6. The number of rotatable bonds is 8. The smallest absolute Gasteiger partial charge is 0.341 e. The number of amides is 1. The lowest BCUT2D eigenvalue weighted by Gasteiger charge is -2.09. The van der Waals surface area contributed by atoms with Gasteiger partial charge in [0.1, 0.15) is 27.9 Å². The van der Waals surface area contributed by atoms with Crippen LogP contribution in [0.1, 0.15) is 29.2 Å². The van der Waals surface area contributed by atoms with Gasteiger partial charge in [-0.15, -0.1) is 11.3 Å². The number of nitrogens with zero attached hydrogens (tertiary/aromatic N) is 2. The third kappa shape index (κ3) is 4.77. The molecule has 10 heteroatoms. The SMILES string of the molecule is CCOC(=O)c1c(-c2ccc(OC)cc2)csc1NC(=O)Cn1nc(CC)sc1=N. The molecule has 0 bridgehead atoms. The third-order valence-corrected chi connectivity index (χ3v) is 6.11. The standard InChI is InChI=1S/C20H22N4O4S2/c1-4-16-23-24(20(21)30-16)10-15(25)22-18-17(19(26)28-5-2)14(11-29-18)12-6-8-13(27-3)9-7-12/h6-9,11,21H,4-5,10H2,1-3H3,(H,22,25). The Morgan fingerprint density at radius 2 is 1.97 bits per heavy atom. The van der Waals surface area contributed by atoms with Crippen molar-refractivity contribution < 1.29 is 19.1 Å². The van der Waals surface area contributed by atoms with Crippen LogP contribution < -0.4 is 14.9 Å². The van der Waals surface area contributed by atoms with E-state index in [0.29, 0.717) is 28.3 Å². The van der Waals surface area contributed by atoms with Crippen molar-refractivity contribution in [2.45, 2.75) is 26.8 Å². The van der Waals surface area contributed by atoms with Gasteiger partial charge in [0.2, 0.25) is 10.7 Å². The Morgan fingerprint density at radius 1 is 1.23 bits per heavy atom. The van der Waals surface area contributed by atoms with Crippen molar-refractivity contribution in [1.82, 2.24) is 9.78 Å². The van der Waals surface area contributed by atoms with E-state index in [1.54, 1.807) is 26.2 Å². The molecule has 0 saturated heterocycles. The van der Waals surface area contributed by atoms with Crippen LogP contribution in [0.25, 0.3) is 11.1 Å². The highest BCUT2D eigenvalue weighted by molar-refractivity contribution is 7.15. The van der Waals surface area contributed by atoms with Crippen LogP contribution in [-0.4, -0.2) is 35.4 Å². The van der Waals surface area contributed by atoms with E-state index in [0.717, 1.165) is 10.6 Å². The number of hydrogen-bond donors (Lipinski definition) is 2. The van der Waals surface area contributed by atoms with Gasteiger partial charge in [-0.2, -0.15) is 5.10 Å². The lowest BCUT2D eigenvalue weighted by molar-refractivity contribution is -0.116. The number of esters is 1. The molecule has 158 valence electrons. The summed E-state index contributed by atoms with van der Waals surface area (Å²) in [6.45, 7) is 3.80. The molecule has 0 aliphatic rings. The van der Waals surface area contributed by atoms with E-state index in [2.05, 4.69) is 10.4 Å². The molecule has 0 saturated carbocycles. The highest BCUT2D eigenvalue weighted by Gasteiger charge is 2.23. The zero-order valence-corrected chi connectivity index (χ0v) is 18.5. The lowest BCUT2D eigenvalue weighted by atomic mass is 10.0. The first-order valence-electron chi connectivity index (χ1n) is 9.31. The summed E-state index contributed by atoms with van der Waals surface area (Å²) < 4.78 is 11.8. The van der Waals surface area contributed by atoms with E-state index in [9.17, 15) is 9.59 Å². The number of carbonyl (C=O) groups is 2. The molecule has 3 rings (SSSR count). The number of aryl methyl sites for hydroxylation is 1. The van der Waals surface area contributed by atoms with Gasteiger partial charge in [0.25, 0.3) is 0 Å². The quantitative estimate of drug-likeness (QED) is 0.515. The van der Waals surface area contributed by atoms with Crippen LogP contribution in [0.4, 0.5) is 5.00 Å². The monoisotopic (exact) mass is 446 g/mol. The molecule has 2 N–H and O–H groups in total. The number of carbonyl (C=O) groups excluding carboxylic acids is 2. The maximum atomic E-state index is 12.6. The highest BCUT2D eigenvalue weighted by Crippen LogP contribution is 2.36. The summed E-state index contributed by atoms with van der Waals surface area (Å²) in [7, 11) is 1.59. The second-order valence-electron chi connectivity index (χ2n) is 6.16. The number of aromatic nitrogens is 2. The van der Waals surface area contributed by atoms with E-state index in [-0.39, 0.29) is 23.9 Å². The lowest BCUT2D eigenvalue weighted by Crippen LogP contribution is -2.26. The van der Waals surface area contributed by atoms with Gasteiger partial charge in [0, 0.05) is 10.9 Å². The fourth-order valence-electron chi connectivity index (χ4n) is 2.76. The maximum absolute atomic E-state index is 12.6. The van der Waals surface area contributed by atoms with Crippen molar-refractivity contribution in [3.8, 4) is 16.9 Å². The number of nitrogens with one attached hydrogen (secondary N) is 2. The topological polar surface area (TPSA) is 106 Å². The van der Waals surface area contributed by atoms with Crippen molar-refractivity contribution in [3.05, 3.63) is 45.0 Å². The first kappa shape index (κ1) is 21.7. The van der Waals surface area contributed by atoms with Crippen molar-refractivity contribution in [3.63, 3.8) is 0 Å². The fraction of sp³-hybridized carbons (Fsp3) is 0.300. The van der Waals surface area contributed by atoms with Gasteiger partial charge in [0.15, 0.2) is 0 Å². The minimum atomic E-state index is -0.504. The van der Waals surface area contributed by atoms with Crippen molar-refractivity contribution in [2.24, 2.45) is 0 Å². The van der Waals surface area contributed by atoms with Gasteiger partial charge in [0.05, 0.1) is 13.7 Å². The Labute approximate surface area is 181 Å². The molecular formula is C20H22N4O4S2. The molecule has 0 atom stereocenters. The predicted molar refractivity (Wildman–Crippen MR) is 116 cm³/mol. The Morgan fingerprint density at radius 3 is 2.57 bits per heavy atom. The molecule has 1 amide bonds. The van der Waals surface area contributed by atoms with Crippen molar-refractivity contribution in [1.29, 1.82) is 5.41 Å². The zero-order valence-electron chi connectivity index (χ0n) is 16.9. The minimum Gasteiger partial charge on any atom is -0.497 e. The van der Waals surface area contributed by atoms with E-state index in [4.69, 9.17) is 14.9 Å². The Kier molecular flexibility index (Phi) is 7.01. The van der Waals surface area contributed by atoms with Crippen LogP contribution in [0.5, 0.6) is 5.75 Å². The van der Waals surface area contributed by atoms with Gasteiger partial charge in [-0.1, -0.05) is 30.4 Å². The predicted octanol–water partition coefficient (Wildman–Crippen LogP) is 3.54. The van der Waals surface area contributed by atoms with E-state index in [1.165, 1.54) is 27.4 Å². The van der Waals surface area contributed by atoms with Crippen LogP contribution in [0, 0.1) is 5.41 Å². The average Bonchev–Trinajstić information content (AvgIpc) is 3.31. The summed E-state index contributed by atoms with van der Waals surface area (Å²) >= 11 is 2.49. The number of hydrogen-bond acceptors (Lipinski definition) is 8. The van der Waals surface area contributed by atoms with E-state index in [1.807, 2.05) is 24.4 Å². The fourth-order valence-corrected chi connectivity index (χ4v) is 4.45. The number of benzene rings is 1. The van der Waals surface area contributed by atoms with E-state index < -0.39 is 5.97 Å². The molecule has 1 aromatic carbocycles. The zero-order chi connectivity index (χ0) is 21.7. The van der Waals surface area contributed by atoms with Crippen LogP contribution in [0.15, 0.2) is 29.6 Å². The van der Waals surface area contributed by atoms with Crippen LogP contribution >= 0.6 is 22.7 Å². The molecule has 0 unspecified atom stereocenters. The summed E-state index contributed by atoms with van der Waals surface area (Å²) in [6.07, 6.45) is 0.703. The first-order valence-corrected chi connectivity index (χ1v) is 11.0. The maximum Gasteiger partial charge on any atom is 0.341 e. The molecule has 0 spiro atoms. The molecule has 0 aliphatic carbocycles. The van der Waals surface area contributed by atoms with E-state index >= 15 is 0 Å². The Bertz CT molecular complexity index is 1100. The summed E-state index contributed by atoms with van der Waals surface area (Å²) in [6, 6.07) is 7.30. The van der Waals surface area contributed by atoms with Crippen LogP contribution in [0.2, 0.25) is 0 Å². The molecule has 0 radical (unpaired) electrons. The van der Waals surface area contributed by atoms with Crippen molar-refractivity contribution in [2.75, 3.05) is 19.0 Å². The number of thiophene rings is 1. The summed E-state index contributed by atoms with van der Waals surface area (Å²) in [5.74, 6) is -0.163. The Balaban J connectivity index is 1.88. The van der Waals surface area contributed by atoms with Crippen LogP contribution in [-0.2, 0) is 22.5 Å². The molecule has 0 aliphatic heterocycles.